The second-order valence-electron chi connectivity index (χ2n) is 6.26. The molecule has 1 aromatic carbocycles. The molecule has 0 saturated carbocycles. The number of para-hydroxylation sites is 2. The molecule has 0 amide bonds. The lowest BCUT2D eigenvalue weighted by Crippen LogP contribution is -2.47. The van der Waals surface area contributed by atoms with Gasteiger partial charge >= 0.3 is 0 Å². The minimum atomic E-state index is 0.649. The van der Waals surface area contributed by atoms with E-state index in [4.69, 9.17) is 9.47 Å². The van der Waals surface area contributed by atoms with Gasteiger partial charge in [-0.05, 0) is 19.1 Å². The highest BCUT2D eigenvalue weighted by molar-refractivity contribution is 5.59. The summed E-state index contributed by atoms with van der Waals surface area (Å²) in [5.74, 6) is 2.54. The summed E-state index contributed by atoms with van der Waals surface area (Å²) in [5.41, 5.74) is 2.10. The number of nitrogens with one attached hydrogen (secondary N) is 1. The molecule has 0 spiro atoms. The molecule has 7 nitrogen and oxygen atoms in total. The van der Waals surface area contributed by atoms with E-state index in [-0.39, 0.29) is 0 Å². The fraction of sp³-hybridized carbons (Fsp3) is 0.474. The van der Waals surface area contributed by atoms with Crippen molar-refractivity contribution in [3.05, 3.63) is 36.0 Å². The maximum absolute atomic E-state index is 5.49. The Morgan fingerprint density at radius 3 is 2.50 bits per heavy atom. The quantitative estimate of drug-likeness (QED) is 0.762. The number of hydrogen-bond acceptors (Lipinski definition) is 7. The van der Waals surface area contributed by atoms with Crippen LogP contribution in [0.2, 0.25) is 0 Å². The zero-order chi connectivity index (χ0) is 18.4. The van der Waals surface area contributed by atoms with Gasteiger partial charge in [-0.1, -0.05) is 12.1 Å². The molecule has 26 heavy (non-hydrogen) atoms. The Morgan fingerprint density at radius 1 is 1.04 bits per heavy atom. The molecule has 1 aliphatic heterocycles. The Labute approximate surface area is 155 Å². The molecule has 2 aromatic rings. The average Bonchev–Trinajstić information content (AvgIpc) is 2.68. The van der Waals surface area contributed by atoms with Crippen molar-refractivity contribution in [2.45, 2.75) is 6.92 Å². The van der Waals surface area contributed by atoms with Crippen LogP contribution in [0.1, 0.15) is 5.69 Å². The zero-order valence-electron chi connectivity index (χ0n) is 15.7. The molecule has 1 aliphatic rings. The van der Waals surface area contributed by atoms with E-state index in [2.05, 4.69) is 31.2 Å². The number of ether oxygens (including phenoxy) is 2. The van der Waals surface area contributed by atoms with Crippen LogP contribution >= 0.6 is 0 Å². The molecule has 0 unspecified atom stereocenters. The van der Waals surface area contributed by atoms with Crippen LogP contribution in [0.4, 0.5) is 17.5 Å². The molecule has 0 radical (unpaired) electrons. The number of benzene rings is 1. The maximum Gasteiger partial charge on any atom is 0.227 e. The lowest BCUT2D eigenvalue weighted by atomic mass is 10.2. The molecule has 1 fully saturated rings. The van der Waals surface area contributed by atoms with Gasteiger partial charge in [0.1, 0.15) is 11.6 Å². The van der Waals surface area contributed by atoms with Gasteiger partial charge in [0, 0.05) is 51.6 Å². The smallest absolute Gasteiger partial charge is 0.227 e. The number of aromatic nitrogens is 2. The number of aryl methyl sites for hydroxylation is 1. The molecule has 7 heteroatoms. The molecule has 0 aliphatic carbocycles. The van der Waals surface area contributed by atoms with Crippen molar-refractivity contribution >= 4 is 17.5 Å². The predicted octanol–water partition coefficient (Wildman–Crippen LogP) is 2.18. The highest BCUT2D eigenvalue weighted by atomic mass is 16.5. The van der Waals surface area contributed by atoms with E-state index < -0.39 is 0 Å². The first kappa shape index (κ1) is 18.3. The first-order chi connectivity index (χ1) is 12.7. The predicted molar refractivity (Wildman–Crippen MR) is 105 cm³/mol. The Kier molecular flexibility index (Phi) is 6.12. The lowest BCUT2D eigenvalue weighted by Gasteiger charge is -2.36. The van der Waals surface area contributed by atoms with Gasteiger partial charge in [-0.2, -0.15) is 4.98 Å². The molecular formula is C19H27N5O2. The van der Waals surface area contributed by atoms with Crippen LogP contribution in [0.5, 0.6) is 5.75 Å². The molecule has 2 heterocycles. The third kappa shape index (κ3) is 4.35. The summed E-state index contributed by atoms with van der Waals surface area (Å²) in [6.45, 7) is 6.94. The Bertz CT molecular complexity index is 717. The lowest BCUT2D eigenvalue weighted by molar-refractivity contribution is 0.210. The normalized spacial score (nSPS) is 14.4. The van der Waals surface area contributed by atoms with Crippen molar-refractivity contribution in [1.82, 2.24) is 9.97 Å². The number of piperazine rings is 1. The number of rotatable bonds is 7. The second kappa shape index (κ2) is 8.71. The SMILES string of the molecule is COCCNc1cc(C)nc(N2CCN(c3ccccc3OC)CC2)n1. The molecule has 1 saturated heterocycles. The zero-order valence-corrected chi connectivity index (χ0v) is 15.7. The van der Waals surface area contributed by atoms with Crippen LogP contribution in [-0.4, -0.2) is 63.5 Å². The van der Waals surface area contributed by atoms with E-state index in [0.717, 1.165) is 61.6 Å². The van der Waals surface area contributed by atoms with Crippen LogP contribution in [0.25, 0.3) is 0 Å². The number of methoxy groups -OCH3 is 2. The summed E-state index contributed by atoms with van der Waals surface area (Å²) in [6, 6.07) is 10.1. The van der Waals surface area contributed by atoms with Crippen molar-refractivity contribution in [1.29, 1.82) is 0 Å². The van der Waals surface area contributed by atoms with Gasteiger partial charge in [0.2, 0.25) is 5.95 Å². The summed E-state index contributed by atoms with van der Waals surface area (Å²) in [5, 5.41) is 3.29. The average molecular weight is 357 g/mol. The Morgan fingerprint density at radius 2 is 1.77 bits per heavy atom. The summed E-state index contributed by atoms with van der Waals surface area (Å²) >= 11 is 0. The minimum absolute atomic E-state index is 0.649. The molecule has 1 N–H and O–H groups in total. The molecule has 3 rings (SSSR count). The maximum atomic E-state index is 5.49. The standard InChI is InChI=1S/C19H27N5O2/c1-15-14-18(20-8-13-25-2)22-19(21-15)24-11-9-23(10-12-24)16-6-4-5-7-17(16)26-3/h4-7,14H,8-13H2,1-3H3,(H,20,21,22). The third-order valence-electron chi connectivity index (χ3n) is 4.44. The third-order valence-corrected chi connectivity index (χ3v) is 4.44. The van der Waals surface area contributed by atoms with Gasteiger partial charge in [-0.3, -0.25) is 0 Å². The number of nitrogens with zero attached hydrogens (tertiary/aromatic N) is 4. The van der Waals surface area contributed by atoms with Crippen molar-refractivity contribution in [2.24, 2.45) is 0 Å². The van der Waals surface area contributed by atoms with E-state index >= 15 is 0 Å². The van der Waals surface area contributed by atoms with E-state index in [1.807, 2.05) is 31.2 Å². The molecular weight excluding hydrogens is 330 g/mol. The Hall–Kier alpha value is -2.54. The summed E-state index contributed by atoms with van der Waals surface area (Å²) in [6.07, 6.45) is 0. The van der Waals surface area contributed by atoms with Gasteiger partial charge < -0.3 is 24.6 Å². The van der Waals surface area contributed by atoms with Gasteiger partial charge in [0.05, 0.1) is 19.4 Å². The van der Waals surface area contributed by atoms with E-state index in [0.29, 0.717) is 6.61 Å². The van der Waals surface area contributed by atoms with Crippen LogP contribution in [0.15, 0.2) is 30.3 Å². The molecule has 140 valence electrons. The van der Waals surface area contributed by atoms with Crippen molar-refractivity contribution in [3.63, 3.8) is 0 Å². The summed E-state index contributed by atoms with van der Waals surface area (Å²) < 4.78 is 10.6. The molecule has 1 aromatic heterocycles. The first-order valence-corrected chi connectivity index (χ1v) is 8.92. The van der Waals surface area contributed by atoms with Gasteiger partial charge in [0.25, 0.3) is 0 Å². The topological polar surface area (TPSA) is 62.8 Å². The van der Waals surface area contributed by atoms with E-state index in [9.17, 15) is 0 Å². The summed E-state index contributed by atoms with van der Waals surface area (Å²) in [7, 11) is 3.41. The minimum Gasteiger partial charge on any atom is -0.495 e. The van der Waals surface area contributed by atoms with Crippen molar-refractivity contribution in [2.75, 3.05) is 68.7 Å². The second-order valence-corrected chi connectivity index (χ2v) is 6.26. The monoisotopic (exact) mass is 357 g/mol. The van der Waals surface area contributed by atoms with Gasteiger partial charge in [0.15, 0.2) is 0 Å². The van der Waals surface area contributed by atoms with Crippen LogP contribution in [0.3, 0.4) is 0 Å². The highest BCUT2D eigenvalue weighted by Crippen LogP contribution is 2.28. The number of anilines is 3. The molecule has 0 bridgehead atoms. The fourth-order valence-electron chi connectivity index (χ4n) is 3.10. The van der Waals surface area contributed by atoms with Crippen molar-refractivity contribution < 1.29 is 9.47 Å². The van der Waals surface area contributed by atoms with Crippen LogP contribution < -0.4 is 19.9 Å². The molecule has 0 atom stereocenters. The largest absolute Gasteiger partial charge is 0.495 e. The fourth-order valence-corrected chi connectivity index (χ4v) is 3.10. The van der Waals surface area contributed by atoms with Gasteiger partial charge in [-0.15, -0.1) is 0 Å². The summed E-state index contributed by atoms with van der Waals surface area (Å²) in [4.78, 5) is 13.9. The highest BCUT2D eigenvalue weighted by Gasteiger charge is 2.21. The first-order valence-electron chi connectivity index (χ1n) is 8.92. The number of hydrogen-bond donors (Lipinski definition) is 1. The van der Waals surface area contributed by atoms with E-state index in [1.165, 1.54) is 0 Å². The van der Waals surface area contributed by atoms with Gasteiger partial charge in [-0.25, -0.2) is 4.98 Å². The van der Waals surface area contributed by atoms with E-state index in [1.54, 1.807) is 14.2 Å². The van der Waals surface area contributed by atoms with Crippen LogP contribution in [0, 0.1) is 6.92 Å². The Balaban J connectivity index is 1.66. The van der Waals surface area contributed by atoms with Crippen molar-refractivity contribution in [3.8, 4) is 5.75 Å². The van der Waals surface area contributed by atoms with Crippen LogP contribution in [-0.2, 0) is 4.74 Å².